The monoisotopic (exact) mass is 369 g/mol. The number of hydrogen-bond acceptors (Lipinski definition) is 2. The number of amides is 1. The number of alkyl halides is 1. The molecular formula is C17H24BrNOS. The molecule has 1 aromatic heterocycles. The molecule has 0 aliphatic heterocycles. The van der Waals surface area contributed by atoms with Crippen molar-refractivity contribution in [3.05, 3.63) is 21.4 Å². The first-order valence-electron chi connectivity index (χ1n) is 8.23. The lowest BCUT2D eigenvalue weighted by Gasteiger charge is -2.17. The lowest BCUT2D eigenvalue weighted by molar-refractivity contribution is 0.0949. The molecule has 1 heterocycles. The fourth-order valence-corrected chi connectivity index (χ4v) is 5.70. The smallest absolute Gasteiger partial charge is 0.261 e. The third kappa shape index (κ3) is 3.70. The molecule has 1 aromatic rings. The van der Waals surface area contributed by atoms with Gasteiger partial charge in [-0.05, 0) is 62.0 Å². The van der Waals surface area contributed by atoms with Gasteiger partial charge in [-0.15, -0.1) is 11.3 Å². The maximum absolute atomic E-state index is 12.4. The summed E-state index contributed by atoms with van der Waals surface area (Å²) in [5.74, 6) is 1.55. The number of nitrogens with one attached hydrogen (secondary N) is 1. The van der Waals surface area contributed by atoms with Gasteiger partial charge in [-0.1, -0.05) is 28.8 Å². The lowest BCUT2D eigenvalue weighted by atomic mass is 9.98. The fraction of sp³-hybridized carbons (Fsp3) is 0.706. The van der Waals surface area contributed by atoms with Crippen LogP contribution in [0.25, 0.3) is 0 Å². The molecule has 3 rings (SSSR count). The van der Waals surface area contributed by atoms with E-state index in [1.165, 1.54) is 55.4 Å². The number of carbonyl (C=O) groups is 1. The van der Waals surface area contributed by atoms with Gasteiger partial charge in [0, 0.05) is 16.8 Å². The van der Waals surface area contributed by atoms with Crippen molar-refractivity contribution in [1.29, 1.82) is 0 Å². The second-order valence-corrected chi connectivity index (χ2v) is 8.22. The molecule has 2 aliphatic rings. The molecule has 0 aromatic carbocycles. The Morgan fingerprint density at radius 3 is 2.86 bits per heavy atom. The molecule has 2 unspecified atom stereocenters. The van der Waals surface area contributed by atoms with Crippen LogP contribution in [0.2, 0.25) is 0 Å². The maximum Gasteiger partial charge on any atom is 0.261 e. The van der Waals surface area contributed by atoms with E-state index in [1.807, 2.05) is 0 Å². The first-order chi connectivity index (χ1) is 10.3. The summed E-state index contributed by atoms with van der Waals surface area (Å²) in [7, 11) is 0. The molecule has 2 aliphatic carbocycles. The van der Waals surface area contributed by atoms with Gasteiger partial charge in [0.1, 0.15) is 0 Å². The summed E-state index contributed by atoms with van der Waals surface area (Å²) < 4.78 is 0. The van der Waals surface area contributed by atoms with Crippen LogP contribution < -0.4 is 5.32 Å². The highest BCUT2D eigenvalue weighted by Crippen LogP contribution is 2.33. The van der Waals surface area contributed by atoms with Crippen molar-refractivity contribution in [2.45, 2.75) is 51.4 Å². The normalized spacial score (nSPS) is 25.4. The van der Waals surface area contributed by atoms with Crippen molar-refractivity contribution in [1.82, 2.24) is 5.32 Å². The van der Waals surface area contributed by atoms with Crippen LogP contribution in [0.1, 0.15) is 58.6 Å². The molecule has 0 saturated heterocycles. The molecular weight excluding hydrogens is 346 g/mol. The van der Waals surface area contributed by atoms with Crippen LogP contribution in [0.4, 0.5) is 0 Å². The Morgan fingerprint density at radius 2 is 2.00 bits per heavy atom. The van der Waals surface area contributed by atoms with Crippen molar-refractivity contribution in [2.24, 2.45) is 11.8 Å². The Morgan fingerprint density at radius 1 is 1.19 bits per heavy atom. The van der Waals surface area contributed by atoms with E-state index in [0.29, 0.717) is 5.92 Å². The van der Waals surface area contributed by atoms with E-state index in [-0.39, 0.29) is 5.91 Å². The van der Waals surface area contributed by atoms with Crippen LogP contribution in [-0.2, 0) is 12.8 Å². The SMILES string of the molecule is O=C(NCC1CCCC1CBr)c1cc2c(s1)CCCCC2. The average Bonchev–Trinajstić information content (AvgIpc) is 3.06. The molecule has 0 radical (unpaired) electrons. The van der Waals surface area contributed by atoms with Crippen molar-refractivity contribution < 1.29 is 4.79 Å². The fourth-order valence-electron chi connectivity index (χ4n) is 3.68. The third-order valence-electron chi connectivity index (χ3n) is 5.01. The van der Waals surface area contributed by atoms with Crippen molar-refractivity contribution in [3.63, 3.8) is 0 Å². The van der Waals surface area contributed by atoms with E-state index in [9.17, 15) is 4.79 Å². The Balaban J connectivity index is 1.58. The second kappa shape index (κ2) is 7.28. The standard InChI is InChI=1S/C17H24BrNOS/c18-10-13-6-4-7-14(13)11-19-17(20)16-9-12-5-2-1-3-8-15(12)21-16/h9,13-14H,1-8,10-11H2,(H,19,20). The first-order valence-corrected chi connectivity index (χ1v) is 10.2. The first kappa shape index (κ1) is 15.5. The summed E-state index contributed by atoms with van der Waals surface area (Å²) in [5, 5.41) is 4.25. The van der Waals surface area contributed by atoms with Crippen LogP contribution in [0.5, 0.6) is 0 Å². The average molecular weight is 370 g/mol. The minimum atomic E-state index is 0.147. The van der Waals surface area contributed by atoms with Gasteiger partial charge in [0.05, 0.1) is 4.88 Å². The predicted octanol–water partition coefficient (Wildman–Crippen LogP) is 4.56. The summed E-state index contributed by atoms with van der Waals surface area (Å²) in [6.45, 7) is 0.845. The van der Waals surface area contributed by atoms with Gasteiger partial charge in [0.15, 0.2) is 0 Å². The molecule has 2 nitrogen and oxygen atoms in total. The number of carbonyl (C=O) groups excluding carboxylic acids is 1. The number of aryl methyl sites for hydroxylation is 2. The summed E-state index contributed by atoms with van der Waals surface area (Å²) in [4.78, 5) is 14.8. The van der Waals surface area contributed by atoms with Gasteiger partial charge in [0.25, 0.3) is 5.91 Å². The zero-order chi connectivity index (χ0) is 14.7. The van der Waals surface area contributed by atoms with E-state index in [2.05, 4.69) is 27.3 Å². The third-order valence-corrected chi connectivity index (χ3v) is 7.08. The molecule has 4 heteroatoms. The number of fused-ring (bicyclic) bond motifs is 1. The number of rotatable bonds is 4. The number of hydrogen-bond donors (Lipinski definition) is 1. The van der Waals surface area contributed by atoms with Gasteiger partial charge in [-0.3, -0.25) is 4.79 Å². The van der Waals surface area contributed by atoms with E-state index < -0.39 is 0 Å². The van der Waals surface area contributed by atoms with Crippen molar-refractivity contribution in [2.75, 3.05) is 11.9 Å². The second-order valence-electron chi connectivity index (χ2n) is 6.44. The Kier molecular flexibility index (Phi) is 5.38. The number of thiophene rings is 1. The highest BCUT2D eigenvalue weighted by Gasteiger charge is 2.27. The zero-order valence-corrected chi connectivity index (χ0v) is 14.9. The number of halogens is 1. The predicted molar refractivity (Wildman–Crippen MR) is 92.5 cm³/mol. The van der Waals surface area contributed by atoms with E-state index in [1.54, 1.807) is 11.3 Å². The van der Waals surface area contributed by atoms with Crippen LogP contribution in [0.15, 0.2) is 6.07 Å². The molecule has 1 N–H and O–H groups in total. The van der Waals surface area contributed by atoms with Gasteiger partial charge < -0.3 is 5.32 Å². The lowest BCUT2D eigenvalue weighted by Crippen LogP contribution is -2.30. The highest BCUT2D eigenvalue weighted by molar-refractivity contribution is 9.09. The Hall–Kier alpha value is -0.350. The van der Waals surface area contributed by atoms with Crippen LogP contribution in [0.3, 0.4) is 0 Å². The van der Waals surface area contributed by atoms with Crippen LogP contribution >= 0.6 is 27.3 Å². The van der Waals surface area contributed by atoms with Gasteiger partial charge in [-0.25, -0.2) is 0 Å². The maximum atomic E-state index is 12.4. The largest absolute Gasteiger partial charge is 0.351 e. The highest BCUT2D eigenvalue weighted by atomic mass is 79.9. The van der Waals surface area contributed by atoms with Crippen LogP contribution in [0, 0.1) is 11.8 Å². The van der Waals surface area contributed by atoms with Crippen molar-refractivity contribution in [3.8, 4) is 0 Å². The summed E-state index contributed by atoms with van der Waals surface area (Å²) in [6.07, 6.45) is 10.1. The minimum Gasteiger partial charge on any atom is -0.351 e. The molecule has 1 fully saturated rings. The molecule has 2 atom stereocenters. The van der Waals surface area contributed by atoms with E-state index in [0.717, 1.165) is 29.1 Å². The topological polar surface area (TPSA) is 29.1 Å². The molecule has 0 bridgehead atoms. The van der Waals surface area contributed by atoms with Gasteiger partial charge in [0.2, 0.25) is 0 Å². The van der Waals surface area contributed by atoms with E-state index in [4.69, 9.17) is 0 Å². The quantitative estimate of drug-likeness (QED) is 0.611. The molecule has 21 heavy (non-hydrogen) atoms. The molecule has 1 amide bonds. The minimum absolute atomic E-state index is 0.147. The van der Waals surface area contributed by atoms with Gasteiger partial charge >= 0.3 is 0 Å². The summed E-state index contributed by atoms with van der Waals surface area (Å²) in [5.41, 5.74) is 1.43. The van der Waals surface area contributed by atoms with Crippen LogP contribution in [-0.4, -0.2) is 17.8 Å². The summed E-state index contributed by atoms with van der Waals surface area (Å²) in [6, 6.07) is 2.15. The Labute approximate surface area is 139 Å². The van der Waals surface area contributed by atoms with E-state index >= 15 is 0 Å². The summed E-state index contributed by atoms with van der Waals surface area (Å²) >= 11 is 5.33. The van der Waals surface area contributed by atoms with Crippen molar-refractivity contribution >= 4 is 33.2 Å². The molecule has 116 valence electrons. The Bertz CT molecular complexity index is 475. The zero-order valence-electron chi connectivity index (χ0n) is 12.5. The molecule has 0 spiro atoms. The van der Waals surface area contributed by atoms with Gasteiger partial charge in [-0.2, -0.15) is 0 Å². The molecule has 1 saturated carbocycles.